The van der Waals surface area contributed by atoms with Crippen LogP contribution in [-0.2, 0) is 4.79 Å². The summed E-state index contributed by atoms with van der Waals surface area (Å²) >= 11 is 0. The van der Waals surface area contributed by atoms with Gasteiger partial charge < -0.3 is 10.6 Å². The van der Waals surface area contributed by atoms with E-state index >= 15 is 0 Å². The van der Waals surface area contributed by atoms with Crippen LogP contribution in [0.5, 0.6) is 0 Å². The number of carbonyl (C=O) groups is 1. The van der Waals surface area contributed by atoms with E-state index in [4.69, 9.17) is 4.99 Å². The zero-order chi connectivity index (χ0) is 16.6. The molecule has 4 heteroatoms. The molecule has 1 amide bonds. The van der Waals surface area contributed by atoms with Crippen molar-refractivity contribution < 1.29 is 4.79 Å². The predicted octanol–water partition coefficient (Wildman–Crippen LogP) is 2.98. The van der Waals surface area contributed by atoms with E-state index in [1.807, 2.05) is 18.2 Å². The van der Waals surface area contributed by atoms with Crippen molar-refractivity contribution in [1.82, 2.24) is 10.6 Å². The van der Waals surface area contributed by atoms with Gasteiger partial charge in [-0.3, -0.25) is 9.79 Å². The highest BCUT2D eigenvalue weighted by molar-refractivity contribution is 6.48. The van der Waals surface area contributed by atoms with Gasteiger partial charge in [0.25, 0.3) is 5.91 Å². The van der Waals surface area contributed by atoms with Crippen LogP contribution in [0.3, 0.4) is 0 Å². The van der Waals surface area contributed by atoms with Crippen molar-refractivity contribution in [2.24, 2.45) is 10.9 Å². The summed E-state index contributed by atoms with van der Waals surface area (Å²) in [4.78, 5) is 17.3. The average molecular weight is 311 g/mol. The summed E-state index contributed by atoms with van der Waals surface area (Å²) in [5.74, 6) is 0.450. The molecule has 1 aromatic rings. The first-order valence-electron chi connectivity index (χ1n) is 8.30. The highest BCUT2D eigenvalue weighted by Gasteiger charge is 2.40. The molecule has 1 unspecified atom stereocenters. The molecule has 0 aliphatic carbocycles. The van der Waals surface area contributed by atoms with E-state index in [1.54, 1.807) is 0 Å². The minimum Gasteiger partial charge on any atom is -0.386 e. The van der Waals surface area contributed by atoms with Crippen LogP contribution in [0, 0.1) is 5.92 Å². The summed E-state index contributed by atoms with van der Waals surface area (Å²) in [6, 6.07) is 10.0. The fourth-order valence-electron chi connectivity index (χ4n) is 3.21. The summed E-state index contributed by atoms with van der Waals surface area (Å²) in [6.07, 6.45) is 0.919. The van der Waals surface area contributed by atoms with Gasteiger partial charge in [0.15, 0.2) is 0 Å². The number of amides is 1. The van der Waals surface area contributed by atoms with E-state index in [-0.39, 0.29) is 17.5 Å². The fourth-order valence-corrected chi connectivity index (χ4v) is 3.21. The molecule has 0 spiro atoms. The maximum absolute atomic E-state index is 12.6. The Balaban J connectivity index is 2.13. The van der Waals surface area contributed by atoms with E-state index in [0.29, 0.717) is 11.6 Å². The first-order valence-corrected chi connectivity index (χ1v) is 8.30. The van der Waals surface area contributed by atoms with E-state index in [2.05, 4.69) is 50.5 Å². The Morgan fingerprint density at radius 3 is 2.61 bits per heavy atom. The second-order valence-corrected chi connectivity index (χ2v) is 7.43. The lowest BCUT2D eigenvalue weighted by molar-refractivity contribution is -0.114. The topological polar surface area (TPSA) is 53.5 Å². The number of allylic oxidation sites excluding steroid dienone is 1. The largest absolute Gasteiger partial charge is 0.386 e. The molecule has 2 aliphatic rings. The van der Waals surface area contributed by atoms with Crippen LogP contribution in [0.25, 0.3) is 0 Å². The minimum atomic E-state index is -0.289. The number of carbonyl (C=O) groups excluding carboxylic acids is 1. The lowest BCUT2D eigenvalue weighted by Crippen LogP contribution is -2.33. The molecule has 1 saturated heterocycles. The van der Waals surface area contributed by atoms with Crippen LogP contribution in [0.1, 0.15) is 45.7 Å². The maximum atomic E-state index is 12.6. The van der Waals surface area contributed by atoms with Gasteiger partial charge >= 0.3 is 0 Å². The third kappa shape index (κ3) is 3.16. The average Bonchev–Trinajstić information content (AvgIpc) is 2.73. The second kappa shape index (κ2) is 5.84. The first-order chi connectivity index (χ1) is 10.9. The van der Waals surface area contributed by atoms with Gasteiger partial charge in [-0.2, -0.15) is 0 Å². The van der Waals surface area contributed by atoms with Gasteiger partial charge in [0.2, 0.25) is 0 Å². The van der Waals surface area contributed by atoms with Crippen molar-refractivity contribution in [1.29, 1.82) is 0 Å². The number of nitrogens with zero attached hydrogens (tertiary/aromatic N) is 1. The Bertz CT molecular complexity index is 671. The lowest BCUT2D eigenvalue weighted by Gasteiger charge is -2.22. The van der Waals surface area contributed by atoms with Gasteiger partial charge in [-0.25, -0.2) is 0 Å². The summed E-state index contributed by atoms with van der Waals surface area (Å²) in [5, 5.41) is 6.68. The molecule has 0 radical (unpaired) electrons. The van der Waals surface area contributed by atoms with E-state index < -0.39 is 0 Å². The molecule has 23 heavy (non-hydrogen) atoms. The molecule has 4 nitrogen and oxygen atoms in total. The number of hydrogen-bond acceptors (Lipinski definition) is 3. The smallest absolute Gasteiger partial charge is 0.270 e. The van der Waals surface area contributed by atoms with Crippen molar-refractivity contribution in [3.63, 3.8) is 0 Å². The highest BCUT2D eigenvalue weighted by atomic mass is 16.2. The van der Waals surface area contributed by atoms with Gasteiger partial charge in [-0.1, -0.05) is 44.2 Å². The van der Waals surface area contributed by atoms with Crippen molar-refractivity contribution in [2.45, 2.75) is 45.7 Å². The molecule has 122 valence electrons. The Kier molecular flexibility index (Phi) is 4.00. The van der Waals surface area contributed by atoms with Crippen LogP contribution >= 0.6 is 0 Å². The molecule has 3 rings (SSSR count). The van der Waals surface area contributed by atoms with E-state index in [0.717, 1.165) is 29.8 Å². The van der Waals surface area contributed by atoms with Crippen molar-refractivity contribution in [3.05, 3.63) is 47.2 Å². The SMILES string of the molecule is CC(C)CC1=C2C(=NC(C)(C)CN1)C(=O)NC2c1ccccc1. The number of rotatable bonds is 3. The second-order valence-electron chi connectivity index (χ2n) is 7.43. The molecule has 1 atom stereocenters. The summed E-state index contributed by atoms with van der Waals surface area (Å²) in [6.45, 7) is 9.27. The van der Waals surface area contributed by atoms with Crippen molar-refractivity contribution in [3.8, 4) is 0 Å². The molecule has 1 fully saturated rings. The molecule has 2 aliphatic heterocycles. The molecule has 0 saturated carbocycles. The third-order valence-electron chi connectivity index (χ3n) is 4.25. The van der Waals surface area contributed by atoms with Crippen LogP contribution in [0.15, 0.2) is 46.6 Å². The van der Waals surface area contributed by atoms with Crippen LogP contribution in [-0.4, -0.2) is 23.7 Å². The zero-order valence-corrected chi connectivity index (χ0v) is 14.3. The quantitative estimate of drug-likeness (QED) is 0.901. The summed E-state index contributed by atoms with van der Waals surface area (Å²) in [7, 11) is 0. The van der Waals surface area contributed by atoms with Gasteiger partial charge in [-0.15, -0.1) is 0 Å². The monoisotopic (exact) mass is 311 g/mol. The minimum absolute atomic E-state index is 0.0631. The summed E-state index contributed by atoms with van der Waals surface area (Å²) < 4.78 is 0. The van der Waals surface area contributed by atoms with Crippen LogP contribution < -0.4 is 10.6 Å². The number of nitrogens with one attached hydrogen (secondary N) is 2. The number of hydrogen-bond donors (Lipinski definition) is 2. The number of fused-ring (bicyclic) bond motifs is 1. The Hall–Kier alpha value is -2.10. The molecule has 2 heterocycles. The van der Waals surface area contributed by atoms with Crippen LogP contribution in [0.2, 0.25) is 0 Å². The molecule has 0 bridgehead atoms. The van der Waals surface area contributed by atoms with Gasteiger partial charge in [0.1, 0.15) is 5.71 Å². The van der Waals surface area contributed by atoms with Crippen LogP contribution in [0.4, 0.5) is 0 Å². The number of benzene rings is 1. The molecule has 0 aromatic heterocycles. The van der Waals surface area contributed by atoms with E-state index in [9.17, 15) is 4.79 Å². The Labute approximate surface area is 138 Å². The number of aliphatic imine (C=N–C) groups is 1. The molecular weight excluding hydrogens is 286 g/mol. The summed E-state index contributed by atoms with van der Waals surface area (Å²) in [5.41, 5.74) is 3.59. The Morgan fingerprint density at radius 2 is 1.96 bits per heavy atom. The zero-order valence-electron chi connectivity index (χ0n) is 14.3. The normalized spacial score (nSPS) is 23.1. The standard InChI is InChI=1S/C19H25N3O/c1-12(2)10-14-15-16(13-8-6-5-7-9-13)21-18(23)17(15)22-19(3,4)11-20-14/h5-9,12,16,20H,10-11H2,1-4H3,(H,21,23). The lowest BCUT2D eigenvalue weighted by atomic mass is 9.94. The highest BCUT2D eigenvalue weighted by Crippen LogP contribution is 2.34. The van der Waals surface area contributed by atoms with E-state index in [1.165, 1.54) is 0 Å². The van der Waals surface area contributed by atoms with Crippen molar-refractivity contribution >= 4 is 11.6 Å². The first kappa shape index (κ1) is 15.8. The molecule has 1 aromatic carbocycles. The molecular formula is C19H25N3O. The third-order valence-corrected chi connectivity index (χ3v) is 4.25. The van der Waals surface area contributed by atoms with Gasteiger partial charge in [0, 0.05) is 17.8 Å². The van der Waals surface area contributed by atoms with Crippen molar-refractivity contribution in [2.75, 3.05) is 6.54 Å². The van der Waals surface area contributed by atoms with Gasteiger partial charge in [0.05, 0.1) is 11.6 Å². The maximum Gasteiger partial charge on any atom is 0.270 e. The molecule has 2 N–H and O–H groups in total. The Morgan fingerprint density at radius 1 is 1.26 bits per heavy atom. The van der Waals surface area contributed by atoms with Gasteiger partial charge in [-0.05, 0) is 31.7 Å². The predicted molar refractivity (Wildman–Crippen MR) is 93.3 cm³/mol. The fraction of sp³-hybridized carbons (Fsp3) is 0.474.